The Hall–Kier alpha value is -3.39. The molecule has 3 aliphatic rings. The van der Waals surface area contributed by atoms with Gasteiger partial charge in [-0.1, -0.05) is 6.58 Å². The molecule has 0 aliphatic carbocycles. The number of pyridine rings is 1. The highest BCUT2D eigenvalue weighted by Crippen LogP contribution is 2.32. The van der Waals surface area contributed by atoms with Crippen LogP contribution in [0.1, 0.15) is 17.3 Å². The fraction of sp³-hybridized carbons (Fsp3) is 0.273. The van der Waals surface area contributed by atoms with E-state index in [1.807, 2.05) is 6.92 Å². The van der Waals surface area contributed by atoms with Gasteiger partial charge in [0, 0.05) is 56.9 Å². The number of hydrogen-bond acceptors (Lipinski definition) is 6. The molecular formula is C22H24FN5O2. The molecule has 1 aromatic heterocycles. The van der Waals surface area contributed by atoms with E-state index < -0.39 is 11.7 Å². The van der Waals surface area contributed by atoms with E-state index in [-0.39, 0.29) is 5.56 Å². The summed E-state index contributed by atoms with van der Waals surface area (Å²) in [6.45, 7) is 9.24. The number of methoxy groups -OCH3 is 1. The van der Waals surface area contributed by atoms with Gasteiger partial charge in [-0.15, -0.1) is 0 Å². The maximum Gasteiger partial charge on any atom is 0.261 e. The van der Waals surface area contributed by atoms with Crippen molar-refractivity contribution in [2.75, 3.05) is 38.2 Å². The number of nitrogens with zero attached hydrogens (tertiary/aromatic N) is 3. The lowest BCUT2D eigenvalue weighted by Crippen LogP contribution is -2.43. The lowest BCUT2D eigenvalue weighted by atomic mass is 10.0. The third-order valence-corrected chi connectivity index (χ3v) is 5.25. The molecule has 0 saturated carbocycles. The lowest BCUT2D eigenvalue weighted by Gasteiger charge is -2.29. The molecule has 4 rings (SSSR count). The van der Waals surface area contributed by atoms with Crippen molar-refractivity contribution < 1.29 is 13.9 Å². The average molecular weight is 409 g/mol. The number of carbonyl (C=O) groups is 1. The van der Waals surface area contributed by atoms with Crippen LogP contribution in [0.15, 0.2) is 71.8 Å². The van der Waals surface area contributed by atoms with Gasteiger partial charge in [-0.05, 0) is 24.1 Å². The van der Waals surface area contributed by atoms with Crippen LogP contribution in [0.5, 0.6) is 5.75 Å². The largest absolute Gasteiger partial charge is 0.496 e. The van der Waals surface area contributed by atoms with Crippen LogP contribution < -0.4 is 20.3 Å². The zero-order valence-electron chi connectivity index (χ0n) is 17.0. The van der Waals surface area contributed by atoms with Gasteiger partial charge in [0.25, 0.3) is 5.91 Å². The molecule has 1 fully saturated rings. The van der Waals surface area contributed by atoms with Crippen molar-refractivity contribution in [3.63, 3.8) is 0 Å². The Morgan fingerprint density at radius 3 is 2.80 bits per heavy atom. The second-order valence-corrected chi connectivity index (χ2v) is 7.28. The highest BCUT2D eigenvalue weighted by molar-refractivity contribution is 5.98. The van der Waals surface area contributed by atoms with Crippen LogP contribution in [0.4, 0.5) is 10.2 Å². The standard InChI is InChI=1S/C22H24FN5O2/c1-14-8-19-18(23)9-16(13-28(19)12-15(14)2)26-22(29)17-11-25-21(10-20(17)30-3)27-6-4-24-5-7-27/h8-13,24H,1,4-7H2,2-3H3,(H,26,29). The summed E-state index contributed by atoms with van der Waals surface area (Å²) < 4.78 is 20.0. The Kier molecular flexibility index (Phi) is 5.41. The maximum atomic E-state index is 14.6. The van der Waals surface area contributed by atoms with E-state index in [4.69, 9.17) is 4.74 Å². The summed E-state index contributed by atoms with van der Waals surface area (Å²) in [6, 6.07) is 1.76. The van der Waals surface area contributed by atoms with Gasteiger partial charge >= 0.3 is 0 Å². The number of fused-ring (bicyclic) bond motifs is 1. The Labute approximate surface area is 174 Å². The van der Waals surface area contributed by atoms with Gasteiger partial charge in [-0.25, -0.2) is 9.37 Å². The number of piperazine rings is 1. The van der Waals surface area contributed by atoms with Crippen LogP contribution in [0.25, 0.3) is 0 Å². The van der Waals surface area contributed by atoms with Crippen molar-refractivity contribution in [3.8, 4) is 5.75 Å². The third kappa shape index (κ3) is 3.86. The van der Waals surface area contributed by atoms with Crippen LogP contribution in [0.2, 0.25) is 0 Å². The van der Waals surface area contributed by atoms with E-state index in [9.17, 15) is 9.18 Å². The first-order valence-electron chi connectivity index (χ1n) is 9.74. The predicted molar refractivity (Wildman–Crippen MR) is 113 cm³/mol. The topological polar surface area (TPSA) is 69.7 Å². The number of nitrogens with one attached hydrogen (secondary N) is 2. The molecule has 4 heterocycles. The molecule has 0 atom stereocenters. The number of aromatic nitrogens is 1. The zero-order valence-corrected chi connectivity index (χ0v) is 17.0. The van der Waals surface area contributed by atoms with Crippen molar-refractivity contribution in [2.45, 2.75) is 6.92 Å². The maximum absolute atomic E-state index is 14.6. The summed E-state index contributed by atoms with van der Waals surface area (Å²) >= 11 is 0. The van der Waals surface area contributed by atoms with E-state index in [0.717, 1.165) is 43.1 Å². The van der Waals surface area contributed by atoms with Gasteiger partial charge < -0.3 is 25.2 Å². The first-order valence-corrected chi connectivity index (χ1v) is 9.74. The number of hydrogen-bond donors (Lipinski definition) is 2. The molecule has 30 heavy (non-hydrogen) atoms. The Morgan fingerprint density at radius 1 is 1.30 bits per heavy atom. The first kappa shape index (κ1) is 19.9. The Balaban J connectivity index is 1.54. The van der Waals surface area contributed by atoms with Crippen molar-refractivity contribution in [2.24, 2.45) is 0 Å². The summed E-state index contributed by atoms with van der Waals surface area (Å²) in [7, 11) is 1.51. The molecule has 1 amide bonds. The normalized spacial score (nSPS) is 18.7. The number of amides is 1. The molecule has 0 aromatic carbocycles. The smallest absolute Gasteiger partial charge is 0.261 e. The van der Waals surface area contributed by atoms with Crippen molar-refractivity contribution in [1.29, 1.82) is 0 Å². The third-order valence-electron chi connectivity index (χ3n) is 5.25. The number of anilines is 1. The van der Waals surface area contributed by atoms with E-state index in [2.05, 4.69) is 27.1 Å². The lowest BCUT2D eigenvalue weighted by molar-refractivity contribution is 0.0963. The van der Waals surface area contributed by atoms with E-state index in [1.54, 1.807) is 29.4 Å². The summed E-state index contributed by atoms with van der Waals surface area (Å²) in [5, 5.41) is 6.03. The first-order chi connectivity index (χ1) is 14.5. The molecule has 0 radical (unpaired) electrons. The molecule has 1 aromatic rings. The summed E-state index contributed by atoms with van der Waals surface area (Å²) in [6.07, 6.45) is 7.91. The van der Waals surface area contributed by atoms with Gasteiger partial charge in [0.05, 0.1) is 18.5 Å². The number of ether oxygens (including phenoxy) is 1. The van der Waals surface area contributed by atoms with Gasteiger partial charge in [-0.3, -0.25) is 4.79 Å². The highest BCUT2D eigenvalue weighted by Gasteiger charge is 2.23. The molecule has 0 unspecified atom stereocenters. The second-order valence-electron chi connectivity index (χ2n) is 7.28. The van der Waals surface area contributed by atoms with E-state index in [1.165, 1.54) is 19.4 Å². The second kappa shape index (κ2) is 8.16. The molecular weight excluding hydrogens is 385 g/mol. The molecule has 156 valence electrons. The molecule has 8 heteroatoms. The number of rotatable bonds is 4. The fourth-order valence-electron chi connectivity index (χ4n) is 3.51. The predicted octanol–water partition coefficient (Wildman–Crippen LogP) is 2.60. The van der Waals surface area contributed by atoms with Crippen LogP contribution in [-0.2, 0) is 0 Å². The molecule has 0 bridgehead atoms. The quantitative estimate of drug-likeness (QED) is 0.797. The van der Waals surface area contributed by atoms with Crippen LogP contribution >= 0.6 is 0 Å². The summed E-state index contributed by atoms with van der Waals surface area (Å²) in [5.74, 6) is 0.312. The van der Waals surface area contributed by atoms with Gasteiger partial charge in [-0.2, -0.15) is 0 Å². The molecule has 3 aliphatic heterocycles. The summed E-state index contributed by atoms with van der Waals surface area (Å²) in [5.41, 5.74) is 2.68. The summed E-state index contributed by atoms with van der Waals surface area (Å²) in [4.78, 5) is 21.1. The Bertz CT molecular complexity index is 1020. The zero-order chi connectivity index (χ0) is 21.3. The van der Waals surface area contributed by atoms with Gasteiger partial charge in [0.2, 0.25) is 0 Å². The highest BCUT2D eigenvalue weighted by atomic mass is 19.1. The minimum Gasteiger partial charge on any atom is -0.496 e. The van der Waals surface area contributed by atoms with Crippen LogP contribution in [-0.4, -0.2) is 49.1 Å². The SMILES string of the molecule is C=C1C=C2C(F)=CC(NC(=O)c3cnc(N4CCNCC4)cc3OC)=CN2C=C1C. The van der Waals surface area contributed by atoms with Crippen LogP contribution in [0.3, 0.4) is 0 Å². The van der Waals surface area contributed by atoms with Gasteiger partial charge in [0.15, 0.2) is 0 Å². The molecule has 7 nitrogen and oxygen atoms in total. The van der Waals surface area contributed by atoms with Crippen molar-refractivity contribution in [3.05, 3.63) is 77.3 Å². The Morgan fingerprint density at radius 2 is 2.07 bits per heavy atom. The fourth-order valence-corrected chi connectivity index (χ4v) is 3.51. The molecule has 0 spiro atoms. The van der Waals surface area contributed by atoms with Crippen LogP contribution in [0, 0.1) is 0 Å². The van der Waals surface area contributed by atoms with Gasteiger partial charge in [0.1, 0.15) is 23.0 Å². The monoisotopic (exact) mass is 409 g/mol. The minimum atomic E-state index is -0.447. The van der Waals surface area contributed by atoms with Crippen molar-refractivity contribution in [1.82, 2.24) is 20.5 Å². The minimum absolute atomic E-state index is 0.283. The van der Waals surface area contributed by atoms with Crippen molar-refractivity contribution >= 4 is 11.7 Å². The number of halogens is 1. The number of allylic oxidation sites excluding steroid dienone is 5. The number of carbonyl (C=O) groups excluding carboxylic acids is 1. The molecule has 1 saturated heterocycles. The van der Waals surface area contributed by atoms with E-state index >= 15 is 0 Å². The van der Waals surface area contributed by atoms with E-state index in [0.29, 0.717) is 17.1 Å². The molecule has 2 N–H and O–H groups in total. The average Bonchev–Trinajstić information content (AvgIpc) is 2.75.